The highest BCUT2D eigenvalue weighted by atomic mass is 16.5. The lowest BCUT2D eigenvalue weighted by molar-refractivity contribution is -0.114. The fourth-order valence-electron chi connectivity index (χ4n) is 2.17. The molecule has 0 aliphatic carbocycles. The van der Waals surface area contributed by atoms with Crippen molar-refractivity contribution in [3.8, 4) is 11.5 Å². The third-order valence-electron chi connectivity index (χ3n) is 3.40. The van der Waals surface area contributed by atoms with Crippen LogP contribution in [0.15, 0.2) is 61.2 Å². The molecular formula is C21H26N2O3. The molecule has 0 saturated heterocycles. The average molecular weight is 354 g/mol. The molecule has 0 radical (unpaired) electrons. The Morgan fingerprint density at radius 1 is 1.12 bits per heavy atom. The van der Waals surface area contributed by atoms with Gasteiger partial charge < -0.3 is 20.1 Å². The largest absolute Gasteiger partial charge is 0.491 e. The molecule has 2 aromatic rings. The summed E-state index contributed by atoms with van der Waals surface area (Å²) in [5, 5.41) is 5.97. The van der Waals surface area contributed by atoms with E-state index in [4.69, 9.17) is 9.47 Å². The van der Waals surface area contributed by atoms with E-state index in [-0.39, 0.29) is 12.5 Å². The number of hydrogen-bond donors (Lipinski definition) is 2. The molecule has 138 valence electrons. The number of nitrogens with one attached hydrogen (secondary N) is 2. The van der Waals surface area contributed by atoms with Crippen molar-refractivity contribution < 1.29 is 14.3 Å². The minimum Gasteiger partial charge on any atom is -0.491 e. The Bertz CT molecular complexity index is 711. The smallest absolute Gasteiger partial charge is 0.243 e. The maximum Gasteiger partial charge on any atom is 0.243 e. The van der Waals surface area contributed by atoms with E-state index in [2.05, 4.69) is 31.1 Å². The molecule has 0 aliphatic heterocycles. The van der Waals surface area contributed by atoms with Gasteiger partial charge in [0, 0.05) is 5.69 Å². The van der Waals surface area contributed by atoms with Crippen molar-refractivity contribution in [1.29, 1.82) is 0 Å². The van der Waals surface area contributed by atoms with Gasteiger partial charge in [-0.25, -0.2) is 0 Å². The highest BCUT2D eigenvalue weighted by Crippen LogP contribution is 2.24. The van der Waals surface area contributed by atoms with E-state index in [1.54, 1.807) is 18.2 Å². The van der Waals surface area contributed by atoms with Gasteiger partial charge in [0.15, 0.2) is 0 Å². The van der Waals surface area contributed by atoms with Gasteiger partial charge in [0.1, 0.15) is 18.1 Å². The van der Waals surface area contributed by atoms with Crippen molar-refractivity contribution in [1.82, 2.24) is 0 Å². The van der Waals surface area contributed by atoms with Gasteiger partial charge >= 0.3 is 0 Å². The van der Waals surface area contributed by atoms with Gasteiger partial charge in [0.05, 0.1) is 18.8 Å². The number of hydrogen-bond acceptors (Lipinski definition) is 4. The summed E-state index contributed by atoms with van der Waals surface area (Å²) in [6.45, 7) is 9.03. The first-order valence-corrected chi connectivity index (χ1v) is 8.67. The van der Waals surface area contributed by atoms with Gasteiger partial charge in [-0.3, -0.25) is 4.79 Å². The monoisotopic (exact) mass is 354 g/mol. The molecule has 2 N–H and O–H groups in total. The first kappa shape index (κ1) is 19.4. The lowest BCUT2D eigenvalue weighted by Crippen LogP contribution is -2.22. The van der Waals surface area contributed by atoms with Crippen LogP contribution in [-0.4, -0.2) is 25.7 Å². The highest BCUT2D eigenvalue weighted by molar-refractivity contribution is 5.94. The second-order valence-electron chi connectivity index (χ2n) is 6.23. The summed E-state index contributed by atoms with van der Waals surface area (Å²) in [6, 6.07) is 14.8. The summed E-state index contributed by atoms with van der Waals surface area (Å²) >= 11 is 0. The third-order valence-corrected chi connectivity index (χ3v) is 3.40. The lowest BCUT2D eigenvalue weighted by atomic mass is 10.2. The van der Waals surface area contributed by atoms with Crippen LogP contribution in [0.3, 0.4) is 0 Å². The molecule has 5 heteroatoms. The Balaban J connectivity index is 1.86. The summed E-state index contributed by atoms with van der Waals surface area (Å²) in [5.74, 6) is 1.78. The lowest BCUT2D eigenvalue weighted by Gasteiger charge is -2.14. The van der Waals surface area contributed by atoms with Gasteiger partial charge in [-0.05, 0) is 42.3 Å². The number of ether oxygens (including phenoxy) is 2. The van der Waals surface area contributed by atoms with E-state index in [1.807, 2.05) is 36.4 Å². The van der Waals surface area contributed by atoms with Gasteiger partial charge in [-0.1, -0.05) is 38.6 Å². The van der Waals surface area contributed by atoms with Gasteiger partial charge in [-0.2, -0.15) is 0 Å². The van der Waals surface area contributed by atoms with Crippen molar-refractivity contribution in [2.24, 2.45) is 5.92 Å². The van der Waals surface area contributed by atoms with Crippen LogP contribution in [0, 0.1) is 5.92 Å². The SMILES string of the molecule is C=CCOc1ccc(NC(=O)CNc2ccccc2OCC(C)C)cc1. The molecule has 0 spiro atoms. The summed E-state index contributed by atoms with van der Waals surface area (Å²) in [7, 11) is 0. The topological polar surface area (TPSA) is 59.6 Å². The van der Waals surface area contributed by atoms with Crippen LogP contribution >= 0.6 is 0 Å². The fraction of sp³-hybridized carbons (Fsp3) is 0.286. The Kier molecular flexibility index (Phi) is 7.55. The zero-order chi connectivity index (χ0) is 18.8. The van der Waals surface area contributed by atoms with Crippen molar-refractivity contribution in [2.45, 2.75) is 13.8 Å². The van der Waals surface area contributed by atoms with Crippen LogP contribution in [0.2, 0.25) is 0 Å². The van der Waals surface area contributed by atoms with Crippen LogP contribution in [0.25, 0.3) is 0 Å². The van der Waals surface area contributed by atoms with E-state index < -0.39 is 0 Å². The molecular weight excluding hydrogens is 328 g/mol. The molecule has 0 heterocycles. The van der Waals surface area contributed by atoms with Crippen LogP contribution in [0.5, 0.6) is 11.5 Å². The maximum atomic E-state index is 12.2. The molecule has 5 nitrogen and oxygen atoms in total. The number of carbonyl (C=O) groups excluding carboxylic acids is 1. The molecule has 2 aromatic carbocycles. The molecule has 0 bridgehead atoms. The molecule has 0 aromatic heterocycles. The summed E-state index contributed by atoms with van der Waals surface area (Å²) in [4.78, 5) is 12.2. The zero-order valence-corrected chi connectivity index (χ0v) is 15.3. The first-order valence-electron chi connectivity index (χ1n) is 8.67. The summed E-state index contributed by atoms with van der Waals surface area (Å²) in [6.07, 6.45) is 1.68. The van der Waals surface area contributed by atoms with E-state index >= 15 is 0 Å². The van der Waals surface area contributed by atoms with Crippen molar-refractivity contribution in [3.63, 3.8) is 0 Å². The third kappa shape index (κ3) is 6.51. The number of benzene rings is 2. The van der Waals surface area contributed by atoms with Crippen molar-refractivity contribution in [3.05, 3.63) is 61.2 Å². The van der Waals surface area contributed by atoms with Crippen molar-refractivity contribution >= 4 is 17.3 Å². The molecule has 0 saturated carbocycles. The number of rotatable bonds is 10. The van der Waals surface area contributed by atoms with E-state index in [9.17, 15) is 4.79 Å². The quantitative estimate of drug-likeness (QED) is 0.623. The van der Waals surface area contributed by atoms with Crippen LogP contribution < -0.4 is 20.1 Å². The molecule has 0 atom stereocenters. The normalized spacial score (nSPS) is 10.3. The molecule has 0 aliphatic rings. The molecule has 0 unspecified atom stereocenters. The molecule has 2 rings (SSSR count). The fourth-order valence-corrected chi connectivity index (χ4v) is 2.17. The van der Waals surface area contributed by atoms with Gasteiger partial charge in [0.2, 0.25) is 5.91 Å². The molecule has 0 fully saturated rings. The summed E-state index contributed by atoms with van der Waals surface area (Å²) in [5.41, 5.74) is 1.52. The van der Waals surface area contributed by atoms with Gasteiger partial charge in [-0.15, -0.1) is 0 Å². The van der Waals surface area contributed by atoms with E-state index in [1.165, 1.54) is 0 Å². The first-order chi connectivity index (χ1) is 12.6. The Morgan fingerprint density at radius 2 is 1.85 bits per heavy atom. The number of amides is 1. The molecule has 26 heavy (non-hydrogen) atoms. The van der Waals surface area contributed by atoms with E-state index in [0.29, 0.717) is 24.8 Å². The minimum atomic E-state index is -0.136. The number of carbonyl (C=O) groups is 1. The Hall–Kier alpha value is -2.95. The van der Waals surface area contributed by atoms with Crippen LogP contribution in [0.1, 0.15) is 13.8 Å². The van der Waals surface area contributed by atoms with Crippen LogP contribution in [-0.2, 0) is 4.79 Å². The van der Waals surface area contributed by atoms with Crippen LogP contribution in [0.4, 0.5) is 11.4 Å². The zero-order valence-electron chi connectivity index (χ0n) is 15.3. The summed E-state index contributed by atoms with van der Waals surface area (Å²) < 4.78 is 11.2. The second kappa shape index (κ2) is 10.1. The number of anilines is 2. The Labute approximate surface area is 155 Å². The highest BCUT2D eigenvalue weighted by Gasteiger charge is 2.07. The maximum absolute atomic E-state index is 12.2. The average Bonchev–Trinajstić information content (AvgIpc) is 2.64. The molecule has 1 amide bonds. The predicted octanol–water partition coefficient (Wildman–Crippen LogP) is 4.34. The predicted molar refractivity (Wildman–Crippen MR) is 106 cm³/mol. The second-order valence-corrected chi connectivity index (χ2v) is 6.23. The van der Waals surface area contributed by atoms with Gasteiger partial charge in [0.25, 0.3) is 0 Å². The van der Waals surface area contributed by atoms with E-state index in [0.717, 1.165) is 17.2 Å². The standard InChI is InChI=1S/C21H26N2O3/c1-4-13-25-18-11-9-17(10-12-18)23-21(24)14-22-19-7-5-6-8-20(19)26-15-16(2)3/h4-12,16,22H,1,13-15H2,2-3H3,(H,23,24). The van der Waals surface area contributed by atoms with Crippen molar-refractivity contribution in [2.75, 3.05) is 30.4 Å². The Morgan fingerprint density at radius 3 is 2.54 bits per heavy atom. The minimum absolute atomic E-state index is 0.136. The number of para-hydroxylation sites is 2.